The maximum absolute atomic E-state index is 14.0. The Bertz CT molecular complexity index is 1580. The number of aromatic nitrogens is 2. The Morgan fingerprint density at radius 3 is 2.52 bits per heavy atom. The van der Waals surface area contributed by atoms with Gasteiger partial charge in [0, 0.05) is 62.4 Å². The molecule has 46 heavy (non-hydrogen) atoms. The Morgan fingerprint density at radius 1 is 1.09 bits per heavy atom. The first kappa shape index (κ1) is 31.9. The average Bonchev–Trinajstić information content (AvgIpc) is 3.28. The van der Waals surface area contributed by atoms with Gasteiger partial charge in [0.15, 0.2) is 0 Å². The van der Waals surface area contributed by atoms with Crippen molar-refractivity contribution in [2.24, 2.45) is 0 Å². The molecule has 0 unspecified atom stereocenters. The molecular weight excluding hydrogens is 599 g/mol. The number of likely N-dealkylation sites (tertiary alicyclic amines) is 1. The fraction of sp³-hybridized carbons (Fsp3) is 0.485. The van der Waals surface area contributed by atoms with E-state index in [4.69, 9.17) is 4.74 Å². The van der Waals surface area contributed by atoms with Gasteiger partial charge >= 0.3 is 6.18 Å². The Kier molecular flexibility index (Phi) is 8.73. The summed E-state index contributed by atoms with van der Waals surface area (Å²) in [5, 5.41) is 18.6. The molecule has 3 aromatic rings. The van der Waals surface area contributed by atoms with Gasteiger partial charge in [0.05, 0.1) is 24.3 Å². The van der Waals surface area contributed by atoms with Crippen LogP contribution in [-0.2, 0) is 22.9 Å². The Hall–Kier alpha value is -4.10. The van der Waals surface area contributed by atoms with Gasteiger partial charge in [-0.1, -0.05) is 12.1 Å². The van der Waals surface area contributed by atoms with Crippen LogP contribution in [0.5, 0.6) is 5.75 Å². The van der Waals surface area contributed by atoms with Gasteiger partial charge in [-0.15, -0.1) is 0 Å². The molecule has 246 valence electrons. The molecule has 10 nitrogen and oxygen atoms in total. The number of aliphatic hydroxyl groups is 1. The summed E-state index contributed by atoms with van der Waals surface area (Å²) in [6, 6.07) is 11.5. The second-order valence-corrected chi connectivity index (χ2v) is 12.7. The van der Waals surface area contributed by atoms with Crippen LogP contribution in [0.4, 0.5) is 42.0 Å². The number of ether oxygens (including phenoxy) is 1. The van der Waals surface area contributed by atoms with Crippen molar-refractivity contribution in [3.05, 3.63) is 59.3 Å². The van der Waals surface area contributed by atoms with E-state index in [1.165, 1.54) is 0 Å². The largest absolute Gasteiger partial charge is 0.494 e. The lowest BCUT2D eigenvalue weighted by atomic mass is 9.83. The topological polar surface area (TPSA) is 115 Å². The number of amides is 1. The molecule has 3 aliphatic heterocycles. The van der Waals surface area contributed by atoms with Crippen molar-refractivity contribution < 1.29 is 27.8 Å². The highest BCUT2D eigenvalue weighted by molar-refractivity contribution is 6.06. The minimum absolute atomic E-state index is 0.0233. The molecule has 4 N–H and O–H groups in total. The first-order chi connectivity index (χ1) is 21.9. The smallest absolute Gasteiger partial charge is 0.421 e. The van der Waals surface area contributed by atoms with Gasteiger partial charge in [-0.25, -0.2) is 4.98 Å². The maximum atomic E-state index is 14.0. The molecule has 0 radical (unpaired) electrons. The summed E-state index contributed by atoms with van der Waals surface area (Å²) in [5.74, 6) is -0.0476. The number of alkyl halides is 3. The monoisotopic (exact) mass is 639 g/mol. The van der Waals surface area contributed by atoms with E-state index in [2.05, 4.69) is 35.7 Å². The molecule has 4 heterocycles. The summed E-state index contributed by atoms with van der Waals surface area (Å²) in [5.41, 5.74) is 1.79. The summed E-state index contributed by atoms with van der Waals surface area (Å²) in [6.45, 7) is 7.26. The fourth-order valence-electron chi connectivity index (χ4n) is 6.79. The normalized spacial score (nSPS) is 19.1. The van der Waals surface area contributed by atoms with Crippen LogP contribution in [0.15, 0.2) is 42.6 Å². The number of carbonyl (C=O) groups is 1. The Labute approximate surface area is 266 Å². The van der Waals surface area contributed by atoms with Crippen LogP contribution < -0.4 is 25.6 Å². The van der Waals surface area contributed by atoms with E-state index in [0.717, 1.165) is 69.3 Å². The fourth-order valence-corrected chi connectivity index (χ4v) is 6.79. The van der Waals surface area contributed by atoms with Crippen LogP contribution in [0, 0.1) is 0 Å². The van der Waals surface area contributed by atoms with Gasteiger partial charge in [-0.2, -0.15) is 18.2 Å². The summed E-state index contributed by atoms with van der Waals surface area (Å²) >= 11 is 0. The van der Waals surface area contributed by atoms with Crippen molar-refractivity contribution in [3.8, 4) is 5.75 Å². The average molecular weight is 640 g/mol. The zero-order chi connectivity index (χ0) is 32.6. The van der Waals surface area contributed by atoms with Crippen molar-refractivity contribution in [2.45, 2.75) is 69.8 Å². The highest BCUT2D eigenvalue weighted by Crippen LogP contribution is 2.41. The molecule has 0 saturated carbocycles. The number of piperidine rings is 2. The summed E-state index contributed by atoms with van der Waals surface area (Å²) in [6.07, 6.45) is -0.375. The zero-order valence-corrected chi connectivity index (χ0v) is 26.2. The molecule has 0 spiro atoms. The van der Waals surface area contributed by atoms with Crippen LogP contribution in [0.3, 0.4) is 0 Å². The first-order valence-corrected chi connectivity index (χ1v) is 15.7. The molecule has 2 saturated heterocycles. The second kappa shape index (κ2) is 12.6. The van der Waals surface area contributed by atoms with E-state index in [-0.39, 0.29) is 30.3 Å². The van der Waals surface area contributed by atoms with E-state index in [9.17, 15) is 23.1 Å². The summed E-state index contributed by atoms with van der Waals surface area (Å²) in [4.78, 5) is 25.5. The van der Waals surface area contributed by atoms with Gasteiger partial charge in [0.1, 0.15) is 17.1 Å². The highest BCUT2D eigenvalue weighted by atomic mass is 19.4. The van der Waals surface area contributed by atoms with Gasteiger partial charge < -0.3 is 35.6 Å². The zero-order valence-electron chi connectivity index (χ0n) is 26.2. The van der Waals surface area contributed by atoms with Crippen molar-refractivity contribution in [3.63, 3.8) is 0 Å². The van der Waals surface area contributed by atoms with Gasteiger partial charge in [-0.05, 0) is 68.9 Å². The van der Waals surface area contributed by atoms with E-state index in [1.807, 2.05) is 18.2 Å². The molecule has 3 aliphatic rings. The number of nitrogens with one attached hydrogen (secondary N) is 3. The SMILES string of the molecule is COc1cc(N2CCC(N3CCC(O)CC3)CC2)ccc1Nc1ncc(C(F)(F)F)c(NCc2cccc3c2C(C)(C)C(=O)N3)n1. The van der Waals surface area contributed by atoms with Gasteiger partial charge in [-0.3, -0.25) is 4.79 Å². The number of hydrogen-bond donors (Lipinski definition) is 4. The second-order valence-electron chi connectivity index (χ2n) is 12.7. The molecule has 6 rings (SSSR count). The third kappa shape index (κ3) is 6.43. The number of benzene rings is 2. The van der Waals surface area contributed by atoms with Crippen molar-refractivity contribution >= 4 is 34.7 Å². The molecular formula is C33H40F3N7O3. The molecule has 2 fully saturated rings. The lowest BCUT2D eigenvalue weighted by Gasteiger charge is -2.41. The molecule has 1 amide bonds. The van der Waals surface area contributed by atoms with Crippen LogP contribution in [0.2, 0.25) is 0 Å². The summed E-state index contributed by atoms with van der Waals surface area (Å²) < 4.78 is 47.6. The number of nitrogens with zero attached hydrogens (tertiary/aromatic N) is 4. The summed E-state index contributed by atoms with van der Waals surface area (Å²) in [7, 11) is 1.54. The number of carbonyl (C=O) groups excluding carboxylic acids is 1. The molecule has 0 aliphatic carbocycles. The standard InChI is InChI=1S/C33H40F3N7O3/c1-32(2)28-20(5-4-6-26(28)39-30(32)45)18-37-29-24(33(34,35)36)19-38-31(41-29)40-25-8-7-22(17-27(25)46-3)43-13-9-21(10-14-43)42-15-11-23(44)12-16-42/h4-8,17,19,21,23,44H,9-16,18H2,1-3H3,(H,39,45)(H2,37,38,40,41). The van der Waals surface area contributed by atoms with Crippen molar-refractivity contribution in [1.82, 2.24) is 14.9 Å². The highest BCUT2D eigenvalue weighted by Gasteiger charge is 2.40. The van der Waals surface area contributed by atoms with Crippen molar-refractivity contribution in [2.75, 3.05) is 54.1 Å². The number of rotatable bonds is 8. The van der Waals surface area contributed by atoms with Crippen LogP contribution in [-0.4, -0.2) is 71.3 Å². The third-order valence-corrected chi connectivity index (χ3v) is 9.41. The molecule has 13 heteroatoms. The van der Waals surface area contributed by atoms with Gasteiger partial charge in [0.25, 0.3) is 0 Å². The number of methoxy groups -OCH3 is 1. The molecule has 0 atom stereocenters. The van der Waals surface area contributed by atoms with E-state index >= 15 is 0 Å². The van der Waals surface area contributed by atoms with Crippen LogP contribution >= 0.6 is 0 Å². The third-order valence-electron chi connectivity index (χ3n) is 9.41. The first-order valence-electron chi connectivity index (χ1n) is 15.7. The minimum Gasteiger partial charge on any atom is -0.494 e. The molecule has 1 aromatic heterocycles. The van der Waals surface area contributed by atoms with Crippen molar-refractivity contribution in [1.29, 1.82) is 0 Å². The van der Waals surface area contributed by atoms with Crippen LogP contribution in [0.25, 0.3) is 0 Å². The number of halogens is 3. The number of anilines is 5. The molecule has 0 bridgehead atoms. The quantitative estimate of drug-likeness (QED) is 0.253. The Balaban J connectivity index is 1.17. The lowest BCUT2D eigenvalue weighted by molar-refractivity contribution is -0.137. The van der Waals surface area contributed by atoms with Gasteiger partial charge in [0.2, 0.25) is 11.9 Å². The predicted molar refractivity (Wildman–Crippen MR) is 171 cm³/mol. The van der Waals surface area contributed by atoms with E-state index in [0.29, 0.717) is 28.7 Å². The number of hydrogen-bond acceptors (Lipinski definition) is 9. The van der Waals surface area contributed by atoms with E-state index in [1.54, 1.807) is 39.2 Å². The number of fused-ring (bicyclic) bond motifs is 1. The van der Waals surface area contributed by atoms with Crippen LogP contribution in [0.1, 0.15) is 56.2 Å². The Morgan fingerprint density at radius 2 is 1.83 bits per heavy atom. The maximum Gasteiger partial charge on any atom is 0.421 e. The predicted octanol–water partition coefficient (Wildman–Crippen LogP) is 5.51. The minimum atomic E-state index is -4.68. The number of aliphatic hydroxyl groups excluding tert-OH is 1. The molecule has 2 aromatic carbocycles. The lowest BCUT2D eigenvalue weighted by Crippen LogP contribution is -2.48. The van der Waals surface area contributed by atoms with E-state index < -0.39 is 17.2 Å².